The van der Waals surface area contributed by atoms with E-state index in [1.807, 2.05) is 0 Å². The summed E-state index contributed by atoms with van der Waals surface area (Å²) in [6, 6.07) is 5.19. The Kier molecular flexibility index (Phi) is 5.56. The highest BCUT2D eigenvalue weighted by Crippen LogP contribution is 2.19. The number of halogens is 1. The van der Waals surface area contributed by atoms with Gasteiger partial charge in [-0.1, -0.05) is 6.07 Å². The largest absolute Gasteiger partial charge is 0.465 e. The van der Waals surface area contributed by atoms with Gasteiger partial charge in [0.1, 0.15) is 5.60 Å². The lowest BCUT2D eigenvalue weighted by Crippen LogP contribution is -2.32. The fourth-order valence-electron chi connectivity index (χ4n) is 1.44. The molecule has 6 heteroatoms. The highest BCUT2D eigenvalue weighted by Gasteiger charge is 2.16. The fraction of sp³-hybridized carbons (Fsp3) is 0.429. The molecule has 1 N–H and O–H groups in total. The molecular weight excluding hydrogens is 326 g/mol. The third-order valence-electron chi connectivity index (χ3n) is 2.27. The zero-order valence-corrected chi connectivity index (χ0v) is 13.5. The fourth-order valence-corrected chi connectivity index (χ4v) is 1.85. The molecule has 20 heavy (non-hydrogen) atoms. The minimum Gasteiger partial charge on any atom is -0.465 e. The van der Waals surface area contributed by atoms with Crippen LogP contribution in [0.2, 0.25) is 0 Å². The van der Waals surface area contributed by atoms with Crippen LogP contribution in [-0.2, 0) is 16.0 Å². The highest BCUT2D eigenvalue weighted by molar-refractivity contribution is 9.10. The van der Waals surface area contributed by atoms with Gasteiger partial charge in [0, 0.05) is 11.0 Å². The minimum atomic E-state index is -0.541. The van der Waals surface area contributed by atoms with Crippen LogP contribution < -0.4 is 5.32 Å². The molecule has 1 amide bonds. The van der Waals surface area contributed by atoms with Crippen molar-refractivity contribution in [1.29, 1.82) is 0 Å². The lowest BCUT2D eigenvalue weighted by Gasteiger charge is -2.19. The number of esters is 1. The van der Waals surface area contributed by atoms with E-state index in [1.54, 1.807) is 39.0 Å². The zero-order valence-electron chi connectivity index (χ0n) is 12.0. The number of amides is 1. The topological polar surface area (TPSA) is 64.6 Å². The van der Waals surface area contributed by atoms with E-state index in [1.165, 1.54) is 7.11 Å². The van der Waals surface area contributed by atoms with Crippen molar-refractivity contribution in [2.75, 3.05) is 7.11 Å². The SMILES string of the molecule is COC(=O)c1cc(CNC(=O)OC(C)(C)C)ccc1Br. The van der Waals surface area contributed by atoms with Crippen molar-refractivity contribution >= 4 is 28.0 Å². The van der Waals surface area contributed by atoms with Gasteiger partial charge < -0.3 is 14.8 Å². The standard InChI is InChI=1S/C14H18BrNO4/c1-14(2,3)20-13(18)16-8-9-5-6-11(15)10(7-9)12(17)19-4/h5-7H,8H2,1-4H3,(H,16,18). The number of rotatable bonds is 3. The Bertz CT molecular complexity index is 508. The van der Waals surface area contributed by atoms with Crippen LogP contribution in [0.4, 0.5) is 4.79 Å². The van der Waals surface area contributed by atoms with E-state index in [-0.39, 0.29) is 6.54 Å². The average molecular weight is 344 g/mol. The van der Waals surface area contributed by atoms with Crippen LogP contribution in [0.3, 0.4) is 0 Å². The van der Waals surface area contributed by atoms with Gasteiger partial charge in [0.05, 0.1) is 12.7 Å². The molecule has 0 atom stereocenters. The summed E-state index contributed by atoms with van der Waals surface area (Å²) in [4.78, 5) is 23.1. The van der Waals surface area contributed by atoms with E-state index in [9.17, 15) is 9.59 Å². The van der Waals surface area contributed by atoms with E-state index in [2.05, 4.69) is 26.0 Å². The van der Waals surface area contributed by atoms with E-state index in [4.69, 9.17) is 4.74 Å². The normalized spacial score (nSPS) is 10.8. The molecule has 0 saturated carbocycles. The molecule has 0 aromatic heterocycles. The summed E-state index contributed by atoms with van der Waals surface area (Å²) in [7, 11) is 1.32. The smallest absolute Gasteiger partial charge is 0.407 e. The Balaban J connectivity index is 2.70. The first kappa shape index (κ1) is 16.5. The van der Waals surface area contributed by atoms with Gasteiger partial charge in [-0.05, 0) is 54.4 Å². The van der Waals surface area contributed by atoms with Crippen molar-refractivity contribution in [2.45, 2.75) is 32.9 Å². The monoisotopic (exact) mass is 343 g/mol. The van der Waals surface area contributed by atoms with E-state index in [0.29, 0.717) is 10.0 Å². The number of hydrogen-bond acceptors (Lipinski definition) is 4. The molecule has 0 unspecified atom stereocenters. The van der Waals surface area contributed by atoms with Crippen LogP contribution in [0.25, 0.3) is 0 Å². The first-order chi connectivity index (χ1) is 9.23. The molecular formula is C14H18BrNO4. The predicted octanol–water partition coefficient (Wildman–Crippen LogP) is 3.26. The van der Waals surface area contributed by atoms with Crippen LogP contribution in [0.5, 0.6) is 0 Å². The lowest BCUT2D eigenvalue weighted by molar-refractivity contribution is 0.0523. The molecule has 0 saturated heterocycles. The van der Waals surface area contributed by atoms with Crippen molar-refractivity contribution in [3.05, 3.63) is 33.8 Å². The molecule has 1 rings (SSSR count). The third kappa shape index (κ3) is 5.21. The molecule has 110 valence electrons. The van der Waals surface area contributed by atoms with Gasteiger partial charge in [-0.3, -0.25) is 0 Å². The maximum Gasteiger partial charge on any atom is 0.407 e. The lowest BCUT2D eigenvalue weighted by atomic mass is 10.1. The summed E-state index contributed by atoms with van der Waals surface area (Å²) in [6.07, 6.45) is -0.500. The molecule has 0 aliphatic rings. The van der Waals surface area contributed by atoms with Gasteiger partial charge in [-0.2, -0.15) is 0 Å². The molecule has 1 aromatic carbocycles. The molecule has 0 heterocycles. The van der Waals surface area contributed by atoms with Gasteiger partial charge >= 0.3 is 12.1 Å². The van der Waals surface area contributed by atoms with Gasteiger partial charge in [-0.15, -0.1) is 0 Å². The predicted molar refractivity (Wildman–Crippen MR) is 78.6 cm³/mol. The summed E-state index contributed by atoms with van der Waals surface area (Å²) < 4.78 is 10.5. The van der Waals surface area contributed by atoms with Crippen LogP contribution in [0, 0.1) is 0 Å². The number of hydrogen-bond donors (Lipinski definition) is 1. The van der Waals surface area contributed by atoms with Gasteiger partial charge in [0.15, 0.2) is 0 Å². The molecule has 5 nitrogen and oxygen atoms in total. The minimum absolute atomic E-state index is 0.270. The number of carbonyl (C=O) groups is 2. The van der Waals surface area contributed by atoms with E-state index >= 15 is 0 Å². The van der Waals surface area contributed by atoms with E-state index < -0.39 is 17.7 Å². The summed E-state index contributed by atoms with van der Waals surface area (Å²) in [5.74, 6) is -0.434. The van der Waals surface area contributed by atoms with Crippen LogP contribution in [0.1, 0.15) is 36.7 Å². The van der Waals surface area contributed by atoms with Crippen LogP contribution in [0.15, 0.2) is 22.7 Å². The van der Waals surface area contributed by atoms with Crippen molar-refractivity contribution in [3.8, 4) is 0 Å². The first-order valence-electron chi connectivity index (χ1n) is 6.06. The van der Waals surface area contributed by atoms with Crippen molar-refractivity contribution < 1.29 is 19.1 Å². The quantitative estimate of drug-likeness (QED) is 0.855. The van der Waals surface area contributed by atoms with Gasteiger partial charge in [-0.25, -0.2) is 9.59 Å². The Morgan fingerprint density at radius 3 is 2.50 bits per heavy atom. The second kappa shape index (κ2) is 6.74. The Morgan fingerprint density at radius 1 is 1.30 bits per heavy atom. The maximum atomic E-state index is 11.5. The van der Waals surface area contributed by atoms with Crippen molar-refractivity contribution in [1.82, 2.24) is 5.32 Å². The highest BCUT2D eigenvalue weighted by atomic mass is 79.9. The average Bonchev–Trinajstić information content (AvgIpc) is 2.35. The molecule has 1 aromatic rings. The maximum absolute atomic E-state index is 11.5. The zero-order chi connectivity index (χ0) is 15.3. The Morgan fingerprint density at radius 2 is 1.95 bits per heavy atom. The van der Waals surface area contributed by atoms with Gasteiger partial charge in [0.25, 0.3) is 0 Å². The molecule has 0 bridgehead atoms. The molecule has 0 radical (unpaired) electrons. The second-order valence-corrected chi connectivity index (χ2v) is 6.02. The number of alkyl carbamates (subject to hydrolysis) is 1. The number of nitrogens with one attached hydrogen (secondary N) is 1. The van der Waals surface area contributed by atoms with Crippen LogP contribution >= 0.6 is 15.9 Å². The van der Waals surface area contributed by atoms with E-state index in [0.717, 1.165) is 5.56 Å². The second-order valence-electron chi connectivity index (χ2n) is 5.16. The summed E-state index contributed by atoms with van der Waals surface area (Å²) >= 11 is 3.28. The van der Waals surface area contributed by atoms with Gasteiger partial charge in [0.2, 0.25) is 0 Å². The summed E-state index contributed by atoms with van der Waals surface area (Å²) in [5, 5.41) is 2.63. The number of methoxy groups -OCH3 is 1. The van der Waals surface area contributed by atoms with Crippen molar-refractivity contribution in [2.24, 2.45) is 0 Å². The first-order valence-corrected chi connectivity index (χ1v) is 6.86. The summed E-state index contributed by atoms with van der Waals surface area (Å²) in [5.41, 5.74) is 0.650. The molecule has 0 aliphatic heterocycles. The van der Waals surface area contributed by atoms with Crippen LogP contribution in [-0.4, -0.2) is 24.8 Å². The molecule has 0 fully saturated rings. The number of benzene rings is 1. The number of carbonyl (C=O) groups excluding carboxylic acids is 2. The molecule has 0 spiro atoms. The Hall–Kier alpha value is -1.56. The van der Waals surface area contributed by atoms with Crippen molar-refractivity contribution in [3.63, 3.8) is 0 Å². The Labute approximate surface area is 126 Å². The third-order valence-corrected chi connectivity index (χ3v) is 2.96. The number of ether oxygens (including phenoxy) is 2. The summed E-state index contributed by atoms with van der Waals surface area (Å²) in [6.45, 7) is 5.65. The molecule has 0 aliphatic carbocycles.